The van der Waals surface area contributed by atoms with Crippen molar-refractivity contribution in [3.8, 4) is 29.1 Å². The molecule has 7 heteroatoms. The number of rotatable bonds is 8. The number of ether oxygens (including phenoxy) is 4. The topological polar surface area (TPSA) is 89.8 Å². The Labute approximate surface area is 157 Å². The summed E-state index contributed by atoms with van der Waals surface area (Å²) in [4.78, 5) is 12.2. The molecule has 2 rings (SSSR count). The van der Waals surface area contributed by atoms with Gasteiger partial charge in [-0.3, -0.25) is 4.79 Å². The summed E-state index contributed by atoms with van der Waals surface area (Å²) in [6.07, 6.45) is 3.04. The standard InChI is InChI=1S/C20H20N2O5/c1-24-15-6-7-16(18(13-15)25-2)22-20(23)9-5-14-4-8-17(27-11-10-21)19(12-14)26-3/h4-9,12-13H,11H2,1-3H3,(H,22,23)/b9-5+. The number of methoxy groups -OCH3 is 3. The van der Waals surface area contributed by atoms with E-state index in [0.29, 0.717) is 28.7 Å². The molecule has 0 fully saturated rings. The van der Waals surface area contributed by atoms with Crippen LogP contribution in [0.4, 0.5) is 5.69 Å². The van der Waals surface area contributed by atoms with Crippen LogP contribution >= 0.6 is 0 Å². The summed E-state index contributed by atoms with van der Waals surface area (Å²) in [6, 6.07) is 12.2. The molecule has 1 N–H and O–H groups in total. The van der Waals surface area contributed by atoms with Crippen LogP contribution in [0.2, 0.25) is 0 Å². The van der Waals surface area contributed by atoms with Crippen molar-refractivity contribution in [2.75, 3.05) is 33.3 Å². The molecule has 0 aliphatic heterocycles. The van der Waals surface area contributed by atoms with Crippen LogP contribution in [0.5, 0.6) is 23.0 Å². The molecular formula is C20H20N2O5. The van der Waals surface area contributed by atoms with E-state index in [1.165, 1.54) is 20.3 Å². The maximum atomic E-state index is 12.2. The van der Waals surface area contributed by atoms with Crippen molar-refractivity contribution in [3.63, 3.8) is 0 Å². The molecular weight excluding hydrogens is 348 g/mol. The van der Waals surface area contributed by atoms with E-state index in [1.54, 1.807) is 49.6 Å². The fourth-order valence-corrected chi connectivity index (χ4v) is 2.27. The van der Waals surface area contributed by atoms with E-state index in [2.05, 4.69) is 5.32 Å². The number of hydrogen-bond acceptors (Lipinski definition) is 6. The van der Waals surface area contributed by atoms with Crippen molar-refractivity contribution < 1.29 is 23.7 Å². The normalized spacial score (nSPS) is 10.1. The van der Waals surface area contributed by atoms with Crippen LogP contribution in [-0.4, -0.2) is 33.8 Å². The maximum Gasteiger partial charge on any atom is 0.248 e. The highest BCUT2D eigenvalue weighted by Crippen LogP contribution is 2.30. The molecule has 7 nitrogen and oxygen atoms in total. The zero-order valence-corrected chi connectivity index (χ0v) is 15.3. The Kier molecular flexibility index (Phi) is 7.08. The number of carbonyl (C=O) groups is 1. The third kappa shape index (κ3) is 5.41. The zero-order valence-electron chi connectivity index (χ0n) is 15.3. The van der Waals surface area contributed by atoms with Gasteiger partial charge in [0.15, 0.2) is 18.1 Å². The first kappa shape index (κ1) is 19.7. The monoisotopic (exact) mass is 368 g/mol. The molecule has 0 heterocycles. The fourth-order valence-electron chi connectivity index (χ4n) is 2.27. The second-order valence-electron chi connectivity index (χ2n) is 5.25. The molecule has 0 radical (unpaired) electrons. The highest BCUT2D eigenvalue weighted by Gasteiger charge is 2.08. The highest BCUT2D eigenvalue weighted by atomic mass is 16.5. The largest absolute Gasteiger partial charge is 0.497 e. The van der Waals surface area contributed by atoms with E-state index in [1.807, 2.05) is 6.07 Å². The zero-order chi connectivity index (χ0) is 19.6. The second kappa shape index (κ2) is 9.73. The summed E-state index contributed by atoms with van der Waals surface area (Å²) < 4.78 is 20.9. The van der Waals surface area contributed by atoms with Gasteiger partial charge < -0.3 is 24.3 Å². The lowest BCUT2D eigenvalue weighted by atomic mass is 10.2. The number of carbonyl (C=O) groups excluding carboxylic acids is 1. The van der Waals surface area contributed by atoms with E-state index >= 15 is 0 Å². The van der Waals surface area contributed by atoms with Gasteiger partial charge in [0.2, 0.25) is 5.91 Å². The third-order valence-electron chi connectivity index (χ3n) is 3.57. The predicted molar refractivity (Wildman–Crippen MR) is 101 cm³/mol. The van der Waals surface area contributed by atoms with Crippen molar-refractivity contribution in [1.82, 2.24) is 0 Å². The molecule has 0 saturated heterocycles. The van der Waals surface area contributed by atoms with Crippen molar-refractivity contribution >= 4 is 17.7 Å². The van der Waals surface area contributed by atoms with E-state index < -0.39 is 0 Å². The van der Waals surface area contributed by atoms with Crippen molar-refractivity contribution in [2.45, 2.75) is 0 Å². The number of nitriles is 1. The number of nitrogens with zero attached hydrogens (tertiary/aromatic N) is 1. The maximum absolute atomic E-state index is 12.2. The summed E-state index contributed by atoms with van der Waals surface area (Å²) in [5.41, 5.74) is 1.28. The number of benzene rings is 2. The van der Waals surface area contributed by atoms with Gasteiger partial charge in [0.05, 0.1) is 27.0 Å². The molecule has 0 bridgehead atoms. The lowest BCUT2D eigenvalue weighted by Crippen LogP contribution is -2.09. The second-order valence-corrected chi connectivity index (χ2v) is 5.25. The lowest BCUT2D eigenvalue weighted by molar-refractivity contribution is -0.111. The smallest absolute Gasteiger partial charge is 0.248 e. The molecule has 27 heavy (non-hydrogen) atoms. The minimum absolute atomic E-state index is 0.0718. The molecule has 0 unspecified atom stereocenters. The molecule has 0 spiro atoms. The molecule has 0 saturated carbocycles. The summed E-state index contributed by atoms with van der Waals surface area (Å²) in [5.74, 6) is 1.75. The molecule has 140 valence electrons. The van der Waals surface area contributed by atoms with E-state index in [-0.39, 0.29) is 12.5 Å². The summed E-state index contributed by atoms with van der Waals surface area (Å²) >= 11 is 0. The number of anilines is 1. The predicted octanol–water partition coefficient (Wildman–Crippen LogP) is 3.27. The van der Waals surface area contributed by atoms with Gasteiger partial charge in [-0.15, -0.1) is 0 Å². The Morgan fingerprint density at radius 1 is 1.04 bits per heavy atom. The Morgan fingerprint density at radius 2 is 1.81 bits per heavy atom. The molecule has 0 aliphatic rings. The van der Waals surface area contributed by atoms with Crippen molar-refractivity contribution in [2.24, 2.45) is 0 Å². The van der Waals surface area contributed by atoms with Crippen LogP contribution in [-0.2, 0) is 4.79 Å². The molecule has 0 aromatic heterocycles. The molecule has 0 aliphatic carbocycles. The van der Waals surface area contributed by atoms with Crippen molar-refractivity contribution in [3.05, 3.63) is 48.0 Å². The van der Waals surface area contributed by atoms with Gasteiger partial charge in [-0.2, -0.15) is 5.26 Å². The van der Waals surface area contributed by atoms with Gasteiger partial charge in [-0.25, -0.2) is 0 Å². The molecule has 2 aromatic carbocycles. The lowest BCUT2D eigenvalue weighted by Gasteiger charge is -2.10. The molecule has 1 amide bonds. The minimum atomic E-state index is -0.317. The Hall–Kier alpha value is -3.66. The fraction of sp³-hybridized carbons (Fsp3) is 0.200. The highest BCUT2D eigenvalue weighted by molar-refractivity contribution is 6.02. The summed E-state index contributed by atoms with van der Waals surface area (Å²) in [6.45, 7) is -0.0718. The number of amides is 1. The molecule has 0 atom stereocenters. The Morgan fingerprint density at radius 3 is 2.48 bits per heavy atom. The Balaban J connectivity index is 2.09. The van der Waals surface area contributed by atoms with Crippen LogP contribution in [0.3, 0.4) is 0 Å². The van der Waals surface area contributed by atoms with Crippen LogP contribution in [0.1, 0.15) is 5.56 Å². The number of hydrogen-bond donors (Lipinski definition) is 1. The third-order valence-corrected chi connectivity index (χ3v) is 3.57. The first-order valence-corrected chi connectivity index (χ1v) is 8.00. The van der Waals surface area contributed by atoms with E-state index in [9.17, 15) is 4.79 Å². The van der Waals surface area contributed by atoms with Crippen LogP contribution in [0.25, 0.3) is 6.08 Å². The van der Waals surface area contributed by atoms with Gasteiger partial charge in [-0.05, 0) is 35.9 Å². The van der Waals surface area contributed by atoms with Gasteiger partial charge in [0.25, 0.3) is 0 Å². The van der Waals surface area contributed by atoms with Crippen LogP contribution in [0, 0.1) is 11.3 Å². The number of nitrogens with one attached hydrogen (secondary N) is 1. The molecule has 2 aromatic rings. The van der Waals surface area contributed by atoms with Gasteiger partial charge in [-0.1, -0.05) is 6.07 Å². The van der Waals surface area contributed by atoms with Gasteiger partial charge in [0, 0.05) is 12.1 Å². The average Bonchev–Trinajstić information content (AvgIpc) is 2.71. The first-order valence-electron chi connectivity index (χ1n) is 8.00. The minimum Gasteiger partial charge on any atom is -0.497 e. The SMILES string of the molecule is COc1ccc(NC(=O)/C=C/c2ccc(OCC#N)c(OC)c2)c(OC)c1. The summed E-state index contributed by atoms with van der Waals surface area (Å²) in [7, 11) is 4.58. The van der Waals surface area contributed by atoms with E-state index in [4.69, 9.17) is 24.2 Å². The van der Waals surface area contributed by atoms with Crippen molar-refractivity contribution in [1.29, 1.82) is 5.26 Å². The Bertz CT molecular complexity index is 871. The van der Waals surface area contributed by atoms with Crippen LogP contribution < -0.4 is 24.3 Å². The first-order chi connectivity index (χ1) is 13.1. The quantitative estimate of drug-likeness (QED) is 0.719. The average molecular weight is 368 g/mol. The summed E-state index contributed by atoms with van der Waals surface area (Å²) in [5, 5.41) is 11.3. The van der Waals surface area contributed by atoms with E-state index in [0.717, 1.165) is 5.56 Å². The van der Waals surface area contributed by atoms with Gasteiger partial charge >= 0.3 is 0 Å². The van der Waals surface area contributed by atoms with Gasteiger partial charge in [0.1, 0.15) is 17.6 Å². The van der Waals surface area contributed by atoms with Crippen LogP contribution in [0.15, 0.2) is 42.5 Å².